The van der Waals surface area contributed by atoms with Gasteiger partial charge in [0.2, 0.25) is 0 Å². The molecule has 0 aromatic carbocycles. The van der Waals surface area contributed by atoms with Gasteiger partial charge in [0.1, 0.15) is 5.60 Å². The van der Waals surface area contributed by atoms with Gasteiger partial charge < -0.3 is 15.7 Å². The van der Waals surface area contributed by atoms with E-state index in [4.69, 9.17) is 0 Å². The second kappa shape index (κ2) is 7.08. The zero-order chi connectivity index (χ0) is 11.3. The molecule has 3 N–H and O–H groups in total. The van der Waals surface area contributed by atoms with Crippen molar-refractivity contribution in [1.29, 1.82) is 0 Å². The molecule has 1 atom stereocenters. The number of rotatable bonds is 3. The molecule has 0 saturated carbocycles. The number of thiophene rings is 1. The van der Waals surface area contributed by atoms with Gasteiger partial charge in [-0.1, -0.05) is 6.07 Å². The lowest BCUT2D eigenvalue weighted by Crippen LogP contribution is -2.42. The Morgan fingerprint density at radius 1 is 1.62 bits per heavy atom. The summed E-state index contributed by atoms with van der Waals surface area (Å²) < 4.78 is 0. The summed E-state index contributed by atoms with van der Waals surface area (Å²) in [5.41, 5.74) is -0.860. The molecular formula is C10H18IN3OS. The lowest BCUT2D eigenvalue weighted by atomic mass is 10.1. The van der Waals surface area contributed by atoms with Crippen molar-refractivity contribution in [3.63, 3.8) is 0 Å². The average Bonchev–Trinajstić information content (AvgIpc) is 2.72. The topological polar surface area (TPSA) is 56.7 Å². The molecule has 1 rings (SSSR count). The summed E-state index contributed by atoms with van der Waals surface area (Å²) in [6.07, 6.45) is 0. The summed E-state index contributed by atoms with van der Waals surface area (Å²) in [4.78, 5) is 4.92. The third-order valence-electron chi connectivity index (χ3n) is 2.11. The maximum Gasteiger partial charge on any atom is 0.190 e. The third-order valence-corrected chi connectivity index (χ3v) is 3.24. The van der Waals surface area contributed by atoms with Gasteiger partial charge in [0.05, 0.1) is 6.54 Å². The quantitative estimate of drug-likeness (QED) is 0.436. The van der Waals surface area contributed by atoms with E-state index >= 15 is 0 Å². The van der Waals surface area contributed by atoms with E-state index in [2.05, 4.69) is 15.6 Å². The Morgan fingerprint density at radius 2 is 2.31 bits per heavy atom. The van der Waals surface area contributed by atoms with Gasteiger partial charge in [-0.3, -0.25) is 4.99 Å². The van der Waals surface area contributed by atoms with Crippen LogP contribution < -0.4 is 10.6 Å². The predicted octanol–water partition coefficient (Wildman–Crippen LogP) is 1.37. The van der Waals surface area contributed by atoms with Gasteiger partial charge in [-0.2, -0.15) is 0 Å². The van der Waals surface area contributed by atoms with Gasteiger partial charge in [0.15, 0.2) is 5.96 Å². The molecule has 0 aliphatic heterocycles. The third kappa shape index (κ3) is 4.26. The zero-order valence-electron chi connectivity index (χ0n) is 9.65. The van der Waals surface area contributed by atoms with E-state index in [0.717, 1.165) is 4.88 Å². The summed E-state index contributed by atoms with van der Waals surface area (Å²) in [6.45, 7) is 2.22. The second-order valence-corrected chi connectivity index (χ2v) is 4.37. The van der Waals surface area contributed by atoms with E-state index in [1.165, 1.54) is 0 Å². The summed E-state index contributed by atoms with van der Waals surface area (Å²) in [6, 6.07) is 3.86. The SMILES string of the molecule is CN=C(NC)NCC(C)(O)c1cccs1.I. The maximum atomic E-state index is 10.2. The van der Waals surface area contributed by atoms with Crippen molar-refractivity contribution in [1.82, 2.24) is 10.6 Å². The van der Waals surface area contributed by atoms with Crippen molar-refractivity contribution in [2.75, 3.05) is 20.6 Å². The fourth-order valence-corrected chi connectivity index (χ4v) is 1.99. The number of nitrogens with zero attached hydrogens (tertiary/aromatic N) is 1. The Balaban J connectivity index is 0.00000225. The van der Waals surface area contributed by atoms with E-state index in [1.807, 2.05) is 17.5 Å². The van der Waals surface area contributed by atoms with Gasteiger partial charge in [0.25, 0.3) is 0 Å². The van der Waals surface area contributed by atoms with Crippen LogP contribution in [0.2, 0.25) is 0 Å². The Morgan fingerprint density at radius 3 is 2.75 bits per heavy atom. The fourth-order valence-electron chi connectivity index (χ4n) is 1.21. The first-order valence-corrected chi connectivity index (χ1v) is 5.63. The number of hydrogen-bond acceptors (Lipinski definition) is 3. The van der Waals surface area contributed by atoms with Gasteiger partial charge in [0, 0.05) is 19.0 Å². The van der Waals surface area contributed by atoms with Crippen molar-refractivity contribution >= 4 is 41.3 Å². The minimum Gasteiger partial charge on any atom is -0.383 e. The molecule has 0 saturated heterocycles. The zero-order valence-corrected chi connectivity index (χ0v) is 12.8. The molecule has 16 heavy (non-hydrogen) atoms. The molecule has 0 amide bonds. The summed E-state index contributed by atoms with van der Waals surface area (Å²) >= 11 is 1.55. The van der Waals surface area contributed by atoms with Crippen molar-refractivity contribution in [2.24, 2.45) is 4.99 Å². The highest BCUT2D eigenvalue weighted by atomic mass is 127. The van der Waals surface area contributed by atoms with Crippen molar-refractivity contribution in [3.05, 3.63) is 22.4 Å². The minimum atomic E-state index is -0.860. The van der Waals surface area contributed by atoms with Crippen LogP contribution in [0.15, 0.2) is 22.5 Å². The van der Waals surface area contributed by atoms with Crippen molar-refractivity contribution in [2.45, 2.75) is 12.5 Å². The second-order valence-electron chi connectivity index (χ2n) is 3.43. The fraction of sp³-hybridized carbons (Fsp3) is 0.500. The molecule has 0 spiro atoms. The molecular weight excluding hydrogens is 337 g/mol. The molecule has 1 heterocycles. The summed E-state index contributed by atoms with van der Waals surface area (Å²) in [5.74, 6) is 0.673. The number of aliphatic imine (C=N–C) groups is 1. The molecule has 4 nitrogen and oxygen atoms in total. The Kier molecular flexibility index (Phi) is 6.93. The average molecular weight is 355 g/mol. The van der Waals surface area contributed by atoms with Crippen LogP contribution in [0.25, 0.3) is 0 Å². The van der Waals surface area contributed by atoms with Gasteiger partial charge in [-0.05, 0) is 18.4 Å². The van der Waals surface area contributed by atoms with Crippen LogP contribution in [-0.4, -0.2) is 31.7 Å². The maximum absolute atomic E-state index is 10.2. The number of hydrogen-bond donors (Lipinski definition) is 3. The van der Waals surface area contributed by atoms with E-state index in [1.54, 1.807) is 32.4 Å². The summed E-state index contributed by atoms with van der Waals surface area (Å²) in [7, 11) is 3.48. The van der Waals surface area contributed by atoms with E-state index < -0.39 is 5.60 Å². The standard InChI is InChI=1S/C10H17N3OS.HI/c1-10(14,8-5-4-6-15-8)7-13-9(11-2)12-3;/h4-6,14H,7H2,1-3H3,(H2,11,12,13);1H. The van der Waals surface area contributed by atoms with Crippen LogP contribution in [-0.2, 0) is 5.60 Å². The lowest BCUT2D eigenvalue weighted by molar-refractivity contribution is 0.0656. The highest BCUT2D eigenvalue weighted by Gasteiger charge is 2.24. The first kappa shape index (κ1) is 15.7. The molecule has 0 radical (unpaired) electrons. The first-order chi connectivity index (χ1) is 7.10. The number of nitrogens with one attached hydrogen (secondary N) is 2. The predicted molar refractivity (Wildman–Crippen MR) is 79.7 cm³/mol. The Hall–Kier alpha value is -0.340. The molecule has 92 valence electrons. The van der Waals surface area contributed by atoms with Crippen LogP contribution in [0.3, 0.4) is 0 Å². The largest absolute Gasteiger partial charge is 0.383 e. The number of aliphatic hydroxyl groups is 1. The normalized spacial score (nSPS) is 14.9. The van der Waals surface area contributed by atoms with Gasteiger partial charge in [-0.25, -0.2) is 0 Å². The van der Waals surface area contributed by atoms with Crippen molar-refractivity contribution < 1.29 is 5.11 Å². The Bertz CT molecular complexity index is 325. The molecule has 1 unspecified atom stereocenters. The van der Waals surface area contributed by atoms with Gasteiger partial charge >= 0.3 is 0 Å². The molecule has 0 fully saturated rings. The number of guanidine groups is 1. The lowest BCUT2D eigenvalue weighted by Gasteiger charge is -2.23. The van der Waals surface area contributed by atoms with E-state index in [-0.39, 0.29) is 24.0 Å². The van der Waals surface area contributed by atoms with Crippen LogP contribution in [0, 0.1) is 0 Å². The van der Waals surface area contributed by atoms with Crippen LogP contribution in [0.5, 0.6) is 0 Å². The molecule has 1 aromatic rings. The molecule has 0 aliphatic carbocycles. The van der Waals surface area contributed by atoms with E-state index in [9.17, 15) is 5.11 Å². The highest BCUT2D eigenvalue weighted by Crippen LogP contribution is 2.24. The first-order valence-electron chi connectivity index (χ1n) is 4.75. The number of halogens is 1. The molecule has 1 aromatic heterocycles. The minimum absolute atomic E-state index is 0. The highest BCUT2D eigenvalue weighted by molar-refractivity contribution is 14.0. The van der Waals surface area contributed by atoms with Gasteiger partial charge in [-0.15, -0.1) is 35.3 Å². The summed E-state index contributed by atoms with van der Waals surface area (Å²) in [5, 5.41) is 18.1. The molecule has 0 bridgehead atoms. The van der Waals surface area contributed by atoms with Crippen molar-refractivity contribution in [3.8, 4) is 0 Å². The van der Waals surface area contributed by atoms with Crippen LogP contribution >= 0.6 is 35.3 Å². The molecule has 6 heteroatoms. The van der Waals surface area contributed by atoms with Crippen LogP contribution in [0.1, 0.15) is 11.8 Å². The van der Waals surface area contributed by atoms with Crippen LogP contribution in [0.4, 0.5) is 0 Å². The smallest absolute Gasteiger partial charge is 0.190 e. The Labute approximate surface area is 117 Å². The monoisotopic (exact) mass is 355 g/mol. The van der Waals surface area contributed by atoms with E-state index in [0.29, 0.717) is 12.5 Å². The molecule has 0 aliphatic rings.